The highest BCUT2D eigenvalue weighted by Crippen LogP contribution is 2.28. The minimum absolute atomic E-state index is 0.217. The number of rotatable bonds is 8. The first kappa shape index (κ1) is 18.6. The van der Waals surface area contributed by atoms with Gasteiger partial charge in [0.25, 0.3) is 0 Å². The third-order valence-corrected chi connectivity index (χ3v) is 3.85. The smallest absolute Gasteiger partial charge is 0.320 e. The van der Waals surface area contributed by atoms with Gasteiger partial charge in [0.15, 0.2) is 11.5 Å². The number of ether oxygens (including phenoxy) is 2. The first-order chi connectivity index (χ1) is 12.1. The Morgan fingerprint density at radius 2 is 2.00 bits per heavy atom. The van der Waals surface area contributed by atoms with Crippen LogP contribution in [0.4, 0.5) is 10.6 Å². The van der Waals surface area contributed by atoms with E-state index in [1.54, 1.807) is 25.1 Å². The average Bonchev–Trinajstić information content (AvgIpc) is 2.95. The number of methoxy groups -OCH3 is 2. The van der Waals surface area contributed by atoms with Crippen molar-refractivity contribution in [1.82, 2.24) is 15.1 Å². The summed E-state index contributed by atoms with van der Waals surface area (Å²) >= 11 is 0. The van der Waals surface area contributed by atoms with Crippen LogP contribution in [-0.4, -0.2) is 36.6 Å². The lowest BCUT2D eigenvalue weighted by Gasteiger charge is -2.13. The Morgan fingerprint density at radius 1 is 1.24 bits per heavy atom. The van der Waals surface area contributed by atoms with Gasteiger partial charge in [0.2, 0.25) is 0 Å². The van der Waals surface area contributed by atoms with Crippen LogP contribution in [0.2, 0.25) is 0 Å². The monoisotopic (exact) mass is 346 g/mol. The molecule has 0 aliphatic heterocycles. The van der Waals surface area contributed by atoms with E-state index in [4.69, 9.17) is 9.47 Å². The molecule has 0 spiro atoms. The predicted molar refractivity (Wildman–Crippen MR) is 97.5 cm³/mol. The third-order valence-electron chi connectivity index (χ3n) is 3.85. The number of hydrogen-bond acceptors (Lipinski definition) is 4. The molecule has 0 fully saturated rings. The van der Waals surface area contributed by atoms with Crippen LogP contribution in [0.3, 0.4) is 0 Å². The Morgan fingerprint density at radius 3 is 2.68 bits per heavy atom. The molecule has 0 saturated heterocycles. The molecule has 25 heavy (non-hydrogen) atoms. The van der Waals surface area contributed by atoms with Crippen LogP contribution < -0.4 is 20.1 Å². The van der Waals surface area contributed by atoms with Gasteiger partial charge in [0, 0.05) is 12.1 Å². The van der Waals surface area contributed by atoms with E-state index in [9.17, 15) is 4.79 Å². The first-order valence-electron chi connectivity index (χ1n) is 8.37. The maximum atomic E-state index is 12.0. The molecule has 136 valence electrons. The van der Waals surface area contributed by atoms with Gasteiger partial charge < -0.3 is 14.8 Å². The van der Waals surface area contributed by atoms with E-state index < -0.39 is 0 Å². The van der Waals surface area contributed by atoms with Crippen molar-refractivity contribution in [3.8, 4) is 11.5 Å². The molecule has 0 radical (unpaired) electrons. The fraction of sp³-hybridized carbons (Fsp3) is 0.444. The fourth-order valence-electron chi connectivity index (χ4n) is 2.44. The van der Waals surface area contributed by atoms with Crippen LogP contribution in [-0.2, 0) is 6.54 Å². The topological polar surface area (TPSA) is 77.4 Å². The van der Waals surface area contributed by atoms with E-state index >= 15 is 0 Å². The number of unbranched alkanes of at least 4 members (excludes halogenated alkanes) is 1. The van der Waals surface area contributed by atoms with E-state index in [0.29, 0.717) is 30.4 Å². The normalized spacial score (nSPS) is 10.4. The molecule has 0 saturated carbocycles. The Labute approximate surface area is 148 Å². The van der Waals surface area contributed by atoms with E-state index in [2.05, 4.69) is 22.7 Å². The molecule has 1 heterocycles. The molecule has 1 aromatic heterocycles. The standard InChI is InChI=1S/C18H26N4O3/c1-5-6-9-19-18(23)21-17-13(2)11-20-22(17)12-14-7-8-15(24-3)16(10-14)25-4/h7-8,10-11H,5-6,9,12H2,1-4H3,(H2,19,21,23). The molecule has 2 amide bonds. The number of nitrogens with one attached hydrogen (secondary N) is 2. The molecular weight excluding hydrogens is 320 g/mol. The summed E-state index contributed by atoms with van der Waals surface area (Å²) in [6.07, 6.45) is 3.73. The highest BCUT2D eigenvalue weighted by Gasteiger charge is 2.12. The summed E-state index contributed by atoms with van der Waals surface area (Å²) in [6, 6.07) is 5.49. The Bertz CT molecular complexity index is 712. The van der Waals surface area contributed by atoms with E-state index in [1.165, 1.54) is 0 Å². The lowest BCUT2D eigenvalue weighted by atomic mass is 10.2. The Hall–Kier alpha value is -2.70. The molecule has 0 aliphatic rings. The number of carbonyl (C=O) groups excluding carboxylic acids is 1. The SMILES string of the molecule is CCCCNC(=O)Nc1c(C)cnn1Cc1ccc(OC)c(OC)c1. The van der Waals surface area contributed by atoms with Crippen molar-refractivity contribution < 1.29 is 14.3 Å². The van der Waals surface area contributed by atoms with Crippen LogP contribution in [0.25, 0.3) is 0 Å². The highest BCUT2D eigenvalue weighted by molar-refractivity contribution is 5.89. The van der Waals surface area contributed by atoms with Crippen molar-refractivity contribution in [2.24, 2.45) is 0 Å². The number of benzene rings is 1. The van der Waals surface area contributed by atoms with Crippen LogP contribution in [0, 0.1) is 6.92 Å². The largest absolute Gasteiger partial charge is 0.493 e. The third kappa shape index (κ3) is 4.89. The van der Waals surface area contributed by atoms with Gasteiger partial charge in [-0.3, -0.25) is 5.32 Å². The Kier molecular flexibility index (Phi) is 6.68. The second-order valence-corrected chi connectivity index (χ2v) is 5.76. The zero-order chi connectivity index (χ0) is 18.2. The zero-order valence-electron chi connectivity index (χ0n) is 15.3. The van der Waals surface area contributed by atoms with Crippen molar-refractivity contribution in [2.45, 2.75) is 33.2 Å². The lowest BCUT2D eigenvalue weighted by molar-refractivity contribution is 0.251. The second-order valence-electron chi connectivity index (χ2n) is 5.76. The molecular formula is C18H26N4O3. The molecule has 1 aromatic carbocycles. The van der Waals surface area contributed by atoms with Crippen molar-refractivity contribution in [3.05, 3.63) is 35.5 Å². The number of nitrogens with zero attached hydrogens (tertiary/aromatic N) is 2. The summed E-state index contributed by atoms with van der Waals surface area (Å²) in [5.41, 5.74) is 1.90. The molecule has 2 aromatic rings. The van der Waals surface area contributed by atoms with E-state index in [0.717, 1.165) is 24.0 Å². The highest BCUT2D eigenvalue weighted by atomic mass is 16.5. The minimum Gasteiger partial charge on any atom is -0.493 e. The van der Waals surface area contributed by atoms with Crippen molar-refractivity contribution >= 4 is 11.8 Å². The summed E-state index contributed by atoms with van der Waals surface area (Å²) in [5.74, 6) is 2.02. The van der Waals surface area contributed by atoms with Crippen LogP contribution in [0.15, 0.2) is 24.4 Å². The number of aryl methyl sites for hydroxylation is 1. The Balaban J connectivity index is 2.12. The average molecular weight is 346 g/mol. The maximum absolute atomic E-state index is 12.0. The molecule has 2 rings (SSSR count). The van der Waals surface area contributed by atoms with Crippen LogP contribution in [0.1, 0.15) is 30.9 Å². The molecule has 7 nitrogen and oxygen atoms in total. The van der Waals surface area contributed by atoms with Gasteiger partial charge in [0.05, 0.1) is 27.0 Å². The summed E-state index contributed by atoms with van der Waals surface area (Å²) < 4.78 is 12.4. The van der Waals surface area contributed by atoms with Crippen molar-refractivity contribution in [1.29, 1.82) is 0 Å². The molecule has 0 atom stereocenters. The number of hydrogen-bond donors (Lipinski definition) is 2. The van der Waals surface area contributed by atoms with Gasteiger partial charge in [-0.1, -0.05) is 19.4 Å². The first-order valence-corrected chi connectivity index (χ1v) is 8.37. The fourth-order valence-corrected chi connectivity index (χ4v) is 2.44. The summed E-state index contributed by atoms with van der Waals surface area (Å²) in [7, 11) is 3.21. The van der Waals surface area contributed by atoms with Gasteiger partial charge >= 0.3 is 6.03 Å². The van der Waals surface area contributed by atoms with E-state index in [1.807, 2.05) is 25.1 Å². The van der Waals surface area contributed by atoms with Crippen LogP contribution in [0.5, 0.6) is 11.5 Å². The number of urea groups is 1. The van der Waals surface area contributed by atoms with Gasteiger partial charge in [-0.15, -0.1) is 0 Å². The number of anilines is 1. The summed E-state index contributed by atoms with van der Waals surface area (Å²) in [5, 5.41) is 10.1. The number of amides is 2. The quantitative estimate of drug-likeness (QED) is 0.720. The molecule has 0 aliphatic carbocycles. The molecule has 0 bridgehead atoms. The van der Waals surface area contributed by atoms with Gasteiger partial charge in [-0.25, -0.2) is 9.48 Å². The summed E-state index contributed by atoms with van der Waals surface area (Å²) in [6.45, 7) is 5.17. The number of aromatic nitrogens is 2. The van der Waals surface area contributed by atoms with Gasteiger partial charge in [0.1, 0.15) is 5.82 Å². The number of carbonyl (C=O) groups is 1. The van der Waals surface area contributed by atoms with E-state index in [-0.39, 0.29) is 6.03 Å². The molecule has 7 heteroatoms. The molecule has 2 N–H and O–H groups in total. The lowest BCUT2D eigenvalue weighted by Crippen LogP contribution is -2.30. The predicted octanol–water partition coefficient (Wildman–Crippen LogP) is 3.18. The van der Waals surface area contributed by atoms with Gasteiger partial charge in [-0.2, -0.15) is 5.10 Å². The van der Waals surface area contributed by atoms with Gasteiger partial charge in [-0.05, 0) is 31.0 Å². The van der Waals surface area contributed by atoms with Crippen molar-refractivity contribution in [2.75, 3.05) is 26.1 Å². The van der Waals surface area contributed by atoms with Crippen molar-refractivity contribution in [3.63, 3.8) is 0 Å². The van der Waals surface area contributed by atoms with Crippen LogP contribution >= 0.6 is 0 Å². The summed E-state index contributed by atoms with van der Waals surface area (Å²) in [4.78, 5) is 12.0. The maximum Gasteiger partial charge on any atom is 0.320 e. The minimum atomic E-state index is -0.217. The molecule has 0 unspecified atom stereocenters. The second kappa shape index (κ2) is 8.96. The zero-order valence-corrected chi connectivity index (χ0v) is 15.3.